The third-order valence-corrected chi connectivity index (χ3v) is 3.26. The van der Waals surface area contributed by atoms with Gasteiger partial charge >= 0.3 is 5.97 Å². The molecule has 16 heavy (non-hydrogen) atoms. The minimum absolute atomic E-state index is 0.165. The van der Waals surface area contributed by atoms with Crippen LogP contribution in [0, 0.1) is 30.1 Å². The van der Waals surface area contributed by atoms with Crippen molar-refractivity contribution in [1.29, 1.82) is 0 Å². The Kier molecular flexibility index (Phi) is 4.36. The van der Waals surface area contributed by atoms with Crippen molar-refractivity contribution in [3.63, 3.8) is 0 Å². The molecule has 3 atom stereocenters. The van der Waals surface area contributed by atoms with Crippen molar-refractivity contribution < 1.29 is 14.7 Å². The van der Waals surface area contributed by atoms with E-state index in [-0.39, 0.29) is 12.5 Å². The second kappa shape index (κ2) is 5.55. The third-order valence-electron chi connectivity index (χ3n) is 3.26. The van der Waals surface area contributed by atoms with Crippen molar-refractivity contribution in [2.24, 2.45) is 17.8 Å². The number of aliphatic carboxylic acids is 1. The van der Waals surface area contributed by atoms with Crippen molar-refractivity contribution in [2.45, 2.75) is 26.2 Å². The van der Waals surface area contributed by atoms with Crippen LogP contribution in [0.2, 0.25) is 0 Å². The number of terminal acetylenes is 1. The Labute approximate surface area is 95.4 Å². The van der Waals surface area contributed by atoms with Crippen molar-refractivity contribution in [2.75, 3.05) is 6.54 Å². The second-order valence-electron chi connectivity index (χ2n) is 4.22. The van der Waals surface area contributed by atoms with E-state index in [9.17, 15) is 9.59 Å². The zero-order chi connectivity index (χ0) is 12.1. The smallest absolute Gasteiger partial charge is 0.307 e. The molecule has 0 spiro atoms. The summed E-state index contributed by atoms with van der Waals surface area (Å²) < 4.78 is 0. The van der Waals surface area contributed by atoms with Crippen LogP contribution in [0.3, 0.4) is 0 Å². The highest BCUT2D eigenvalue weighted by Gasteiger charge is 2.41. The molecule has 0 aliphatic heterocycles. The third kappa shape index (κ3) is 2.75. The minimum atomic E-state index is -0.878. The Bertz CT molecular complexity index is 319. The predicted molar refractivity (Wildman–Crippen MR) is 59.5 cm³/mol. The first kappa shape index (κ1) is 12.6. The number of carbonyl (C=O) groups excluding carboxylic acids is 1. The molecular formula is C12H17NO3. The standard InChI is InChI=1S/C12H17NO3/c1-3-5-13-11(14)9-6-8(4-2)7-10(9)12(15)16/h1,8-10H,4-7H2,2H3,(H,13,14)(H,15,16). The summed E-state index contributed by atoms with van der Waals surface area (Å²) in [6, 6.07) is 0. The molecule has 88 valence electrons. The van der Waals surface area contributed by atoms with E-state index in [2.05, 4.69) is 11.2 Å². The van der Waals surface area contributed by atoms with E-state index >= 15 is 0 Å². The Morgan fingerprint density at radius 2 is 2.06 bits per heavy atom. The van der Waals surface area contributed by atoms with E-state index in [0.29, 0.717) is 18.8 Å². The second-order valence-corrected chi connectivity index (χ2v) is 4.22. The molecule has 2 N–H and O–H groups in total. The Morgan fingerprint density at radius 1 is 1.44 bits per heavy atom. The van der Waals surface area contributed by atoms with E-state index in [4.69, 9.17) is 11.5 Å². The maximum Gasteiger partial charge on any atom is 0.307 e. The summed E-state index contributed by atoms with van der Waals surface area (Å²) in [5, 5.41) is 11.6. The molecule has 0 bridgehead atoms. The first-order valence-corrected chi connectivity index (χ1v) is 5.54. The molecule has 0 aromatic carbocycles. The van der Waals surface area contributed by atoms with Gasteiger partial charge in [0.2, 0.25) is 5.91 Å². The largest absolute Gasteiger partial charge is 0.481 e. The molecule has 1 aliphatic carbocycles. The summed E-state index contributed by atoms with van der Waals surface area (Å²) in [4.78, 5) is 22.7. The Balaban J connectivity index is 2.66. The van der Waals surface area contributed by atoms with Crippen LogP contribution < -0.4 is 5.32 Å². The van der Waals surface area contributed by atoms with Crippen molar-refractivity contribution in [1.82, 2.24) is 5.32 Å². The van der Waals surface area contributed by atoms with Crippen LogP contribution in [0.5, 0.6) is 0 Å². The van der Waals surface area contributed by atoms with Gasteiger partial charge in [-0.3, -0.25) is 9.59 Å². The fourth-order valence-electron chi connectivity index (χ4n) is 2.31. The van der Waals surface area contributed by atoms with Gasteiger partial charge in [0.05, 0.1) is 18.4 Å². The van der Waals surface area contributed by atoms with Gasteiger partial charge in [-0.1, -0.05) is 19.3 Å². The summed E-state index contributed by atoms with van der Waals surface area (Å²) in [5.74, 6) is 0.575. The van der Waals surface area contributed by atoms with Crippen LogP contribution in [0.4, 0.5) is 0 Å². The quantitative estimate of drug-likeness (QED) is 0.695. The van der Waals surface area contributed by atoms with Crippen LogP contribution in [-0.4, -0.2) is 23.5 Å². The fourth-order valence-corrected chi connectivity index (χ4v) is 2.31. The van der Waals surface area contributed by atoms with Crippen molar-refractivity contribution >= 4 is 11.9 Å². The number of hydrogen-bond donors (Lipinski definition) is 2. The highest BCUT2D eigenvalue weighted by Crippen LogP contribution is 2.38. The van der Waals surface area contributed by atoms with Gasteiger partial charge in [0.25, 0.3) is 0 Å². The zero-order valence-corrected chi connectivity index (χ0v) is 9.40. The first-order chi connectivity index (χ1) is 7.60. The van der Waals surface area contributed by atoms with Crippen LogP contribution >= 0.6 is 0 Å². The highest BCUT2D eigenvalue weighted by atomic mass is 16.4. The molecule has 1 aliphatic rings. The van der Waals surface area contributed by atoms with Crippen LogP contribution in [-0.2, 0) is 9.59 Å². The molecule has 3 unspecified atom stereocenters. The topological polar surface area (TPSA) is 66.4 Å². The van der Waals surface area contributed by atoms with Crippen LogP contribution in [0.15, 0.2) is 0 Å². The van der Waals surface area contributed by atoms with E-state index in [1.807, 2.05) is 6.92 Å². The zero-order valence-electron chi connectivity index (χ0n) is 9.40. The van der Waals surface area contributed by atoms with E-state index < -0.39 is 17.8 Å². The molecule has 1 fully saturated rings. The van der Waals surface area contributed by atoms with Gasteiger partial charge in [0.1, 0.15) is 0 Å². The number of carboxylic acids is 1. The summed E-state index contributed by atoms with van der Waals surface area (Å²) in [7, 11) is 0. The lowest BCUT2D eigenvalue weighted by Gasteiger charge is -2.14. The Hall–Kier alpha value is -1.50. The molecule has 0 aromatic heterocycles. The van der Waals surface area contributed by atoms with E-state index in [1.54, 1.807) is 0 Å². The highest BCUT2D eigenvalue weighted by molar-refractivity contribution is 5.85. The minimum Gasteiger partial charge on any atom is -0.481 e. The fraction of sp³-hybridized carbons (Fsp3) is 0.667. The molecule has 4 nitrogen and oxygen atoms in total. The molecule has 0 heterocycles. The van der Waals surface area contributed by atoms with Gasteiger partial charge < -0.3 is 10.4 Å². The molecule has 0 aromatic rings. The molecular weight excluding hydrogens is 206 g/mol. The van der Waals surface area contributed by atoms with Crippen molar-refractivity contribution in [3.8, 4) is 12.3 Å². The normalized spacial score (nSPS) is 28.4. The molecule has 1 amide bonds. The van der Waals surface area contributed by atoms with Gasteiger partial charge in [-0.05, 0) is 18.8 Å². The van der Waals surface area contributed by atoms with Gasteiger partial charge in [0.15, 0.2) is 0 Å². The van der Waals surface area contributed by atoms with Gasteiger partial charge in [-0.25, -0.2) is 0 Å². The predicted octanol–water partition coefficient (Wildman–Crippen LogP) is 0.873. The molecule has 0 radical (unpaired) electrons. The monoisotopic (exact) mass is 223 g/mol. The van der Waals surface area contributed by atoms with Crippen LogP contribution in [0.25, 0.3) is 0 Å². The summed E-state index contributed by atoms with van der Waals surface area (Å²) in [6.07, 6.45) is 7.22. The lowest BCUT2D eigenvalue weighted by atomic mass is 9.95. The lowest BCUT2D eigenvalue weighted by molar-refractivity contribution is -0.146. The summed E-state index contributed by atoms with van der Waals surface area (Å²) >= 11 is 0. The number of amides is 1. The van der Waals surface area contributed by atoms with Gasteiger partial charge in [-0.2, -0.15) is 0 Å². The number of carboxylic acid groups (broad SMARTS) is 1. The average Bonchev–Trinajstić information content (AvgIpc) is 2.70. The maximum absolute atomic E-state index is 11.7. The molecule has 1 saturated carbocycles. The lowest BCUT2D eigenvalue weighted by Crippen LogP contribution is -2.35. The molecule has 0 saturated heterocycles. The van der Waals surface area contributed by atoms with Gasteiger partial charge in [-0.15, -0.1) is 6.42 Å². The number of nitrogens with one attached hydrogen (secondary N) is 1. The van der Waals surface area contributed by atoms with Crippen molar-refractivity contribution in [3.05, 3.63) is 0 Å². The van der Waals surface area contributed by atoms with Crippen LogP contribution in [0.1, 0.15) is 26.2 Å². The summed E-state index contributed by atoms with van der Waals surface area (Å²) in [6.45, 7) is 2.18. The first-order valence-electron chi connectivity index (χ1n) is 5.54. The average molecular weight is 223 g/mol. The SMILES string of the molecule is C#CCNC(=O)C1CC(CC)CC1C(=O)O. The molecule has 4 heteroatoms. The number of hydrogen-bond acceptors (Lipinski definition) is 2. The number of rotatable bonds is 4. The van der Waals surface area contributed by atoms with E-state index in [0.717, 1.165) is 6.42 Å². The summed E-state index contributed by atoms with van der Waals surface area (Å²) in [5.41, 5.74) is 0. The Morgan fingerprint density at radius 3 is 2.56 bits per heavy atom. The van der Waals surface area contributed by atoms with Gasteiger partial charge in [0, 0.05) is 0 Å². The van der Waals surface area contributed by atoms with E-state index in [1.165, 1.54) is 0 Å². The molecule has 1 rings (SSSR count). The number of carbonyl (C=O) groups is 2. The maximum atomic E-state index is 11.7.